The number of hydrogen-bond donors (Lipinski definition) is 2. The third kappa shape index (κ3) is 5.43. The molecule has 1 unspecified atom stereocenters. The summed E-state index contributed by atoms with van der Waals surface area (Å²) < 4.78 is 278. The topological polar surface area (TPSA) is 57.5 Å². The Labute approximate surface area is 211 Å². The molecule has 0 radical (unpaired) electrons. The molecular weight excluding hydrogens is 653 g/mol. The van der Waals surface area contributed by atoms with Crippen molar-refractivity contribution in [2.45, 2.75) is 72.0 Å². The van der Waals surface area contributed by atoms with Crippen LogP contribution in [0.25, 0.3) is 0 Å². The number of carbonyl (C=O) groups is 1. The van der Waals surface area contributed by atoms with Crippen LogP contribution in [0.1, 0.15) is 6.42 Å². The van der Waals surface area contributed by atoms with E-state index in [0.717, 1.165) is 0 Å². The molecule has 0 aliphatic carbocycles. The molecule has 41 heavy (non-hydrogen) atoms. The van der Waals surface area contributed by atoms with Gasteiger partial charge in [-0.2, -0.15) is 97.0 Å². The zero-order valence-corrected chi connectivity index (χ0v) is 19.2. The van der Waals surface area contributed by atoms with Gasteiger partial charge in [-0.15, -0.1) is 0 Å². The Kier molecular flexibility index (Phi) is 9.49. The molecule has 4 nitrogen and oxygen atoms in total. The molecule has 0 saturated heterocycles. The summed E-state index contributed by atoms with van der Waals surface area (Å²) in [5.74, 6) is -78.2. The number of rotatable bonds is 12. The maximum absolute atomic E-state index is 13.8. The quantitative estimate of drug-likeness (QED) is 0.179. The Balaban J connectivity index is 6.90. The molecule has 0 aromatic heterocycles. The number of nitrogens with zero attached hydrogens (tertiary/aromatic N) is 1. The fourth-order valence-corrected chi connectivity index (χ4v) is 2.68. The van der Waals surface area contributed by atoms with Crippen LogP contribution in [0, 0.1) is 0 Å². The smallest absolute Gasteiger partial charge is 0.435 e. The van der Waals surface area contributed by atoms with Crippen molar-refractivity contribution in [3.63, 3.8) is 0 Å². The van der Waals surface area contributed by atoms with Gasteiger partial charge in [0.05, 0.1) is 14.1 Å². The van der Waals surface area contributed by atoms with Gasteiger partial charge in [0.2, 0.25) is 0 Å². The van der Waals surface area contributed by atoms with Crippen molar-refractivity contribution in [3.8, 4) is 0 Å². The summed E-state index contributed by atoms with van der Waals surface area (Å²) in [6, 6.07) is 0. The third-order valence-electron chi connectivity index (χ3n) is 5.25. The first-order valence-electron chi connectivity index (χ1n) is 9.51. The number of carboxylic acid groups (broad SMARTS) is 1. The van der Waals surface area contributed by atoms with Gasteiger partial charge in [-0.25, -0.2) is 4.48 Å². The van der Waals surface area contributed by atoms with E-state index >= 15 is 0 Å². The van der Waals surface area contributed by atoms with E-state index in [1.807, 2.05) is 0 Å². The van der Waals surface area contributed by atoms with Crippen LogP contribution >= 0.6 is 0 Å². The second-order valence-electron chi connectivity index (χ2n) is 8.81. The summed E-state index contributed by atoms with van der Waals surface area (Å²) in [6.45, 7) is -1.67. The highest BCUT2D eigenvalue weighted by Crippen LogP contribution is 2.66. The number of quaternary nitrogens is 1. The third-order valence-corrected chi connectivity index (χ3v) is 5.25. The molecule has 0 aromatic carbocycles. The van der Waals surface area contributed by atoms with E-state index in [9.17, 15) is 102 Å². The summed E-state index contributed by atoms with van der Waals surface area (Å²) in [7, 11) is 1.01. The molecule has 0 heterocycles. The monoisotopic (exact) mass is 666 g/mol. The number of likely N-dealkylation sites (N-methyl/N-ethyl adjacent to an activating group) is 1. The molecule has 0 rings (SSSR count). The molecule has 0 bridgehead atoms. The first kappa shape index (κ1) is 38.9. The van der Waals surface area contributed by atoms with Gasteiger partial charge in [-0.1, -0.05) is 0 Å². The number of aliphatic hydroxyl groups excluding tert-OH is 1. The first-order valence-corrected chi connectivity index (χ1v) is 9.51. The van der Waals surface area contributed by atoms with Crippen LogP contribution in [0.15, 0.2) is 0 Å². The molecule has 246 valence electrons. The second kappa shape index (κ2) is 9.99. The van der Waals surface area contributed by atoms with Gasteiger partial charge in [0, 0.05) is 6.42 Å². The van der Waals surface area contributed by atoms with E-state index < -0.39 is 89.1 Å². The number of hydrogen-bond acceptors (Lipinski definition) is 2. The molecule has 2 N–H and O–H groups in total. The van der Waals surface area contributed by atoms with E-state index in [1.165, 1.54) is 0 Å². The fourth-order valence-electron chi connectivity index (χ4n) is 2.68. The Morgan fingerprint density at radius 2 is 0.780 bits per heavy atom. The lowest BCUT2D eigenvalue weighted by molar-refractivity contribution is -0.820. The number of alkyl halides is 21. The maximum Gasteiger partial charge on any atom is 0.513 e. The predicted molar refractivity (Wildman–Crippen MR) is 86.2 cm³/mol. The first-order chi connectivity index (χ1) is 17.3. The average molecular weight is 666 g/mol. The fraction of sp³-hybridized carbons (Fsp3) is 0.938. The molecule has 0 aliphatic heterocycles. The van der Waals surface area contributed by atoms with Crippen molar-refractivity contribution in [1.82, 2.24) is 0 Å². The van der Waals surface area contributed by atoms with Crippen molar-refractivity contribution >= 4 is 6.09 Å². The van der Waals surface area contributed by atoms with Crippen LogP contribution in [0.4, 0.5) is 97.0 Å². The zero-order valence-electron chi connectivity index (χ0n) is 19.2. The van der Waals surface area contributed by atoms with Crippen LogP contribution in [-0.4, -0.2) is 107 Å². The summed E-state index contributed by atoms with van der Waals surface area (Å²) >= 11 is 0. The Bertz CT molecular complexity index is 970. The molecular formula is C16H13F21NO3+. The molecule has 0 spiro atoms. The number of amides is 1. The number of aliphatic hydroxyl groups is 1. The van der Waals surface area contributed by atoms with Gasteiger partial charge in [-0.3, -0.25) is 0 Å². The van der Waals surface area contributed by atoms with Crippen molar-refractivity contribution in [1.29, 1.82) is 0 Å². The van der Waals surface area contributed by atoms with Crippen LogP contribution in [-0.2, 0) is 0 Å². The average Bonchev–Trinajstić information content (AvgIpc) is 2.70. The zero-order chi connectivity index (χ0) is 34.1. The molecule has 1 atom stereocenters. The highest BCUT2D eigenvalue weighted by Gasteiger charge is 2.97. The normalized spacial score (nSPS) is 17.1. The Morgan fingerprint density at radius 3 is 1.02 bits per heavy atom. The van der Waals surface area contributed by atoms with E-state index in [0.29, 0.717) is 14.1 Å². The van der Waals surface area contributed by atoms with Crippen LogP contribution in [0.5, 0.6) is 0 Å². The van der Waals surface area contributed by atoms with Gasteiger partial charge >= 0.3 is 65.6 Å². The SMILES string of the molecule is C[N+](C)(CC(O)CC(F)(F)C(F)(F)C(F)(F)C(F)(F)C(F)(F)C(F)(F)C(F)(F)C(F)(F)C(F)(F)C(F)(F)F)C(=O)O. The van der Waals surface area contributed by atoms with Gasteiger partial charge in [0.1, 0.15) is 12.6 Å². The van der Waals surface area contributed by atoms with Gasteiger partial charge in [0.25, 0.3) is 0 Å². The molecule has 1 amide bonds. The minimum absolute atomic E-state index is 0.505. The lowest BCUT2D eigenvalue weighted by Gasteiger charge is -2.44. The van der Waals surface area contributed by atoms with Gasteiger partial charge in [-0.05, 0) is 0 Å². The van der Waals surface area contributed by atoms with E-state index in [1.54, 1.807) is 0 Å². The minimum Gasteiger partial charge on any atom is -0.435 e. The second-order valence-corrected chi connectivity index (χ2v) is 8.81. The van der Waals surface area contributed by atoms with Crippen molar-refractivity contribution in [2.24, 2.45) is 0 Å². The summed E-state index contributed by atoms with van der Waals surface area (Å²) in [5.41, 5.74) is 0. The molecule has 0 aromatic rings. The highest BCUT2D eigenvalue weighted by atomic mass is 19.4. The molecule has 25 heteroatoms. The molecule has 0 fully saturated rings. The largest absolute Gasteiger partial charge is 0.513 e. The highest BCUT2D eigenvalue weighted by molar-refractivity contribution is 5.56. The van der Waals surface area contributed by atoms with Crippen molar-refractivity contribution in [2.75, 3.05) is 20.6 Å². The van der Waals surface area contributed by atoms with E-state index in [-0.39, 0.29) is 0 Å². The van der Waals surface area contributed by atoms with Crippen molar-refractivity contribution in [3.05, 3.63) is 0 Å². The van der Waals surface area contributed by atoms with E-state index in [2.05, 4.69) is 0 Å². The van der Waals surface area contributed by atoms with E-state index in [4.69, 9.17) is 5.11 Å². The summed E-state index contributed by atoms with van der Waals surface area (Å²) in [4.78, 5) is 10.8. The lowest BCUT2D eigenvalue weighted by Crippen LogP contribution is -2.76. The van der Waals surface area contributed by atoms with Crippen LogP contribution < -0.4 is 0 Å². The van der Waals surface area contributed by atoms with Gasteiger partial charge in [0.15, 0.2) is 0 Å². The summed E-state index contributed by atoms with van der Waals surface area (Å²) in [5, 5.41) is 18.0. The minimum atomic E-state index is -9.26. The molecule has 0 saturated carbocycles. The van der Waals surface area contributed by atoms with Crippen LogP contribution in [0.2, 0.25) is 0 Å². The maximum atomic E-state index is 13.8. The van der Waals surface area contributed by atoms with Gasteiger partial charge < -0.3 is 10.2 Å². The standard InChI is InChI=1S/C16H12F21NO3/c1-38(2,6(40)41)4-5(39)3-7(17,18)8(19,20)9(21,22)10(23,24)11(25,26)12(27,28)13(29,30)14(31,32)15(33,34)16(35,36)37/h5,39H,3-4H2,1-2H3/p+1. The molecule has 0 aliphatic rings. The van der Waals surface area contributed by atoms with Crippen LogP contribution in [0.3, 0.4) is 0 Å². The predicted octanol–water partition coefficient (Wildman–Crippen LogP) is 6.77. The number of halogens is 21. The van der Waals surface area contributed by atoms with Crippen molar-refractivity contribution < 1.29 is 112 Å². The Morgan fingerprint density at radius 1 is 0.537 bits per heavy atom. The lowest BCUT2D eigenvalue weighted by atomic mass is 9.85. The summed E-state index contributed by atoms with van der Waals surface area (Å²) in [6.07, 6.45) is -16.7. The Hall–Kier alpha value is -2.08.